The standard InChI is InChI=1S/C8H4ClF5O/c9-5-3-1-2-4-6(5)15-8(13,14)7(10,11)12/h1-4H. The molecule has 84 valence electrons. The average molecular weight is 247 g/mol. The molecule has 0 radical (unpaired) electrons. The Morgan fingerprint density at radius 3 is 2.00 bits per heavy atom. The maximum Gasteiger partial charge on any atom is 0.499 e. The van der Waals surface area contributed by atoms with Gasteiger partial charge in [0.15, 0.2) is 0 Å². The van der Waals surface area contributed by atoms with Crippen molar-refractivity contribution in [2.45, 2.75) is 12.3 Å². The zero-order valence-corrected chi connectivity index (χ0v) is 7.74. The van der Waals surface area contributed by atoms with Crippen molar-refractivity contribution in [3.63, 3.8) is 0 Å². The summed E-state index contributed by atoms with van der Waals surface area (Å²) in [6.45, 7) is 0. The van der Waals surface area contributed by atoms with Crippen LogP contribution < -0.4 is 4.74 Å². The zero-order chi connectivity index (χ0) is 11.7. The molecule has 0 aliphatic carbocycles. The van der Waals surface area contributed by atoms with Crippen LogP contribution in [0.3, 0.4) is 0 Å². The Hall–Kier alpha value is -1.04. The molecule has 0 unspecified atom stereocenters. The van der Waals surface area contributed by atoms with Gasteiger partial charge in [0.2, 0.25) is 0 Å². The van der Waals surface area contributed by atoms with Crippen LogP contribution in [-0.4, -0.2) is 12.3 Å². The van der Waals surface area contributed by atoms with Gasteiger partial charge in [-0.1, -0.05) is 23.7 Å². The first-order chi connectivity index (χ1) is 6.74. The molecule has 0 spiro atoms. The van der Waals surface area contributed by atoms with E-state index in [1.165, 1.54) is 12.1 Å². The molecule has 0 bridgehead atoms. The number of alkyl halides is 5. The quantitative estimate of drug-likeness (QED) is 0.720. The van der Waals surface area contributed by atoms with E-state index in [4.69, 9.17) is 11.6 Å². The summed E-state index contributed by atoms with van der Waals surface area (Å²) in [6.07, 6.45) is -11.0. The Kier molecular flexibility index (Phi) is 3.08. The van der Waals surface area contributed by atoms with Crippen molar-refractivity contribution in [1.82, 2.24) is 0 Å². The summed E-state index contributed by atoms with van der Waals surface area (Å²) in [5.74, 6) is -0.721. The number of para-hydroxylation sites is 1. The van der Waals surface area contributed by atoms with Crippen molar-refractivity contribution >= 4 is 11.6 Å². The van der Waals surface area contributed by atoms with Crippen LogP contribution in [0.1, 0.15) is 0 Å². The van der Waals surface area contributed by atoms with Gasteiger partial charge < -0.3 is 4.74 Å². The molecule has 7 heteroatoms. The average Bonchev–Trinajstić information content (AvgIpc) is 2.06. The molecule has 0 aromatic heterocycles. The Morgan fingerprint density at radius 2 is 1.53 bits per heavy atom. The monoisotopic (exact) mass is 246 g/mol. The van der Waals surface area contributed by atoms with E-state index >= 15 is 0 Å². The molecular weight excluding hydrogens is 243 g/mol. The number of hydrogen-bond donors (Lipinski definition) is 0. The molecule has 0 saturated carbocycles. The summed E-state index contributed by atoms with van der Waals surface area (Å²) >= 11 is 5.35. The third kappa shape index (κ3) is 2.71. The summed E-state index contributed by atoms with van der Waals surface area (Å²) < 4.78 is 63.5. The number of rotatable bonds is 2. The van der Waals surface area contributed by atoms with Crippen LogP contribution in [0, 0.1) is 0 Å². The second-order valence-electron chi connectivity index (χ2n) is 2.55. The van der Waals surface area contributed by atoms with Gasteiger partial charge in [-0.05, 0) is 12.1 Å². The Morgan fingerprint density at radius 1 is 1.00 bits per heavy atom. The van der Waals surface area contributed by atoms with Crippen LogP contribution in [0.4, 0.5) is 22.0 Å². The molecule has 1 aromatic rings. The largest absolute Gasteiger partial charge is 0.499 e. The second kappa shape index (κ2) is 3.84. The van der Waals surface area contributed by atoms with Crippen LogP contribution in [0.25, 0.3) is 0 Å². The van der Waals surface area contributed by atoms with Gasteiger partial charge in [0, 0.05) is 0 Å². The molecule has 0 aliphatic heterocycles. The Balaban J connectivity index is 2.92. The maximum absolute atomic E-state index is 12.4. The van der Waals surface area contributed by atoms with Gasteiger partial charge in [-0.2, -0.15) is 22.0 Å². The minimum Gasteiger partial charge on any atom is -0.424 e. The molecule has 0 heterocycles. The van der Waals surface area contributed by atoms with Crippen molar-refractivity contribution in [2.24, 2.45) is 0 Å². The lowest BCUT2D eigenvalue weighted by molar-refractivity contribution is -0.360. The first kappa shape index (κ1) is 12.0. The third-order valence-electron chi connectivity index (χ3n) is 1.40. The van der Waals surface area contributed by atoms with E-state index in [-0.39, 0.29) is 5.02 Å². The van der Waals surface area contributed by atoms with Gasteiger partial charge in [0.1, 0.15) is 5.75 Å². The van der Waals surface area contributed by atoms with E-state index in [2.05, 4.69) is 4.74 Å². The topological polar surface area (TPSA) is 9.23 Å². The van der Waals surface area contributed by atoms with Gasteiger partial charge in [-0.25, -0.2) is 0 Å². The first-order valence-electron chi connectivity index (χ1n) is 3.62. The molecule has 0 aliphatic rings. The molecule has 0 saturated heterocycles. The van der Waals surface area contributed by atoms with E-state index in [1.54, 1.807) is 0 Å². The van der Waals surface area contributed by atoms with Gasteiger partial charge in [0.25, 0.3) is 0 Å². The lowest BCUT2D eigenvalue weighted by atomic mass is 10.3. The maximum atomic E-state index is 12.4. The van der Waals surface area contributed by atoms with Gasteiger partial charge in [-0.15, -0.1) is 0 Å². The summed E-state index contributed by atoms with van der Waals surface area (Å²) in [7, 11) is 0. The highest BCUT2D eigenvalue weighted by atomic mass is 35.5. The highest BCUT2D eigenvalue weighted by Crippen LogP contribution is 2.39. The number of benzene rings is 1. The SMILES string of the molecule is FC(F)(F)C(F)(F)Oc1ccccc1Cl. The first-order valence-corrected chi connectivity index (χ1v) is 4.00. The predicted molar refractivity (Wildman–Crippen MR) is 43.1 cm³/mol. The predicted octanol–water partition coefficient (Wildman–Crippen LogP) is 3.87. The summed E-state index contributed by atoms with van der Waals surface area (Å²) in [6, 6.07) is 4.67. The lowest BCUT2D eigenvalue weighted by Gasteiger charge is -2.20. The van der Waals surface area contributed by atoms with Crippen LogP contribution in [-0.2, 0) is 0 Å². The second-order valence-corrected chi connectivity index (χ2v) is 2.95. The highest BCUT2D eigenvalue weighted by molar-refractivity contribution is 6.32. The fourth-order valence-electron chi connectivity index (χ4n) is 0.723. The minimum atomic E-state index is -5.77. The van der Waals surface area contributed by atoms with Crippen LogP contribution in [0.15, 0.2) is 24.3 Å². The Labute approximate surface area is 86.4 Å². The van der Waals surface area contributed by atoms with Crippen molar-refractivity contribution in [1.29, 1.82) is 0 Å². The van der Waals surface area contributed by atoms with Gasteiger partial charge in [0.05, 0.1) is 5.02 Å². The van der Waals surface area contributed by atoms with Crippen LogP contribution in [0.2, 0.25) is 5.02 Å². The molecule has 1 aromatic carbocycles. The molecule has 0 atom stereocenters. The number of halogens is 6. The van der Waals surface area contributed by atoms with Crippen LogP contribution in [0.5, 0.6) is 5.75 Å². The smallest absolute Gasteiger partial charge is 0.424 e. The van der Waals surface area contributed by atoms with Crippen LogP contribution >= 0.6 is 11.6 Å². The summed E-state index contributed by atoms with van der Waals surface area (Å²) in [5.41, 5.74) is 0. The molecule has 1 rings (SSSR count). The third-order valence-corrected chi connectivity index (χ3v) is 1.72. The lowest BCUT2D eigenvalue weighted by Crippen LogP contribution is -2.41. The van der Waals surface area contributed by atoms with Crippen molar-refractivity contribution in [3.05, 3.63) is 29.3 Å². The van der Waals surface area contributed by atoms with Crippen molar-refractivity contribution < 1.29 is 26.7 Å². The normalized spacial score (nSPS) is 12.7. The Bertz CT molecular complexity index is 349. The van der Waals surface area contributed by atoms with E-state index in [1.807, 2.05) is 0 Å². The van der Waals surface area contributed by atoms with E-state index in [0.717, 1.165) is 12.1 Å². The molecule has 0 N–H and O–H groups in total. The number of ether oxygens (including phenoxy) is 1. The minimum absolute atomic E-state index is 0.318. The van der Waals surface area contributed by atoms with Crippen molar-refractivity contribution in [2.75, 3.05) is 0 Å². The molecular formula is C8H4ClF5O. The van der Waals surface area contributed by atoms with E-state index in [9.17, 15) is 22.0 Å². The fraction of sp³-hybridized carbons (Fsp3) is 0.250. The molecule has 1 nitrogen and oxygen atoms in total. The summed E-state index contributed by atoms with van der Waals surface area (Å²) in [5, 5.41) is -0.318. The molecule has 0 amide bonds. The number of hydrogen-bond acceptors (Lipinski definition) is 1. The van der Waals surface area contributed by atoms with E-state index in [0.29, 0.717) is 0 Å². The van der Waals surface area contributed by atoms with Gasteiger partial charge >= 0.3 is 12.3 Å². The van der Waals surface area contributed by atoms with Crippen molar-refractivity contribution in [3.8, 4) is 5.75 Å². The zero-order valence-electron chi connectivity index (χ0n) is 6.99. The molecule has 15 heavy (non-hydrogen) atoms. The summed E-state index contributed by atoms with van der Waals surface area (Å²) in [4.78, 5) is 0. The van der Waals surface area contributed by atoms with Gasteiger partial charge in [-0.3, -0.25) is 0 Å². The van der Waals surface area contributed by atoms with E-state index < -0.39 is 18.0 Å². The fourth-order valence-corrected chi connectivity index (χ4v) is 0.898. The highest BCUT2D eigenvalue weighted by Gasteiger charge is 2.61. The molecule has 0 fully saturated rings.